The Hall–Kier alpha value is -2.63. The van der Waals surface area contributed by atoms with Crippen molar-refractivity contribution in [2.45, 2.75) is 34.1 Å². The van der Waals surface area contributed by atoms with Crippen LogP contribution in [0.3, 0.4) is 0 Å². The summed E-state index contributed by atoms with van der Waals surface area (Å²) in [5.74, 6) is -0.0804. The molecule has 0 aliphatic carbocycles. The molecule has 0 spiro atoms. The molecule has 0 atom stereocenters. The molecule has 0 unspecified atom stereocenters. The van der Waals surface area contributed by atoms with Gasteiger partial charge in [0.1, 0.15) is 17.1 Å². The summed E-state index contributed by atoms with van der Waals surface area (Å²) in [6, 6.07) is 4.07. The molecule has 0 saturated carbocycles. The summed E-state index contributed by atoms with van der Waals surface area (Å²) in [5, 5.41) is 6.07. The predicted molar refractivity (Wildman–Crippen MR) is 92.0 cm³/mol. The maximum Gasteiger partial charge on any atom is 0.353 e. The van der Waals surface area contributed by atoms with E-state index in [0.29, 0.717) is 5.76 Å². The van der Waals surface area contributed by atoms with E-state index in [2.05, 4.69) is 9.84 Å². The van der Waals surface area contributed by atoms with Crippen molar-refractivity contribution in [3.05, 3.63) is 34.6 Å². The number of methoxy groups -OCH3 is 1. The van der Waals surface area contributed by atoms with Crippen LogP contribution in [0.5, 0.6) is 0 Å². The highest BCUT2D eigenvalue weighted by molar-refractivity contribution is 6.35. The Morgan fingerprint density at radius 1 is 1.25 bits per heavy atom. The van der Waals surface area contributed by atoms with Gasteiger partial charge in [0.25, 0.3) is 0 Å². The molecular weight excluding hydrogens is 308 g/mol. The van der Waals surface area contributed by atoms with Crippen LogP contribution in [0, 0.1) is 20.8 Å². The summed E-state index contributed by atoms with van der Waals surface area (Å²) in [4.78, 5) is 23.8. The smallest absolute Gasteiger partial charge is 0.353 e. The van der Waals surface area contributed by atoms with E-state index < -0.39 is 5.97 Å². The van der Waals surface area contributed by atoms with Gasteiger partial charge in [-0.2, -0.15) is 5.10 Å². The van der Waals surface area contributed by atoms with Crippen molar-refractivity contribution in [1.29, 1.82) is 0 Å². The highest BCUT2D eigenvalue weighted by Gasteiger charge is 2.19. The second-order valence-electron chi connectivity index (χ2n) is 5.87. The van der Waals surface area contributed by atoms with Gasteiger partial charge in [0, 0.05) is 18.0 Å². The van der Waals surface area contributed by atoms with E-state index in [1.807, 2.05) is 32.9 Å². The minimum atomic E-state index is -0.564. The zero-order valence-corrected chi connectivity index (χ0v) is 14.9. The Morgan fingerprint density at radius 3 is 2.54 bits per heavy atom. The van der Waals surface area contributed by atoms with Gasteiger partial charge in [0.05, 0.1) is 13.5 Å². The topological polar surface area (TPSA) is 72.1 Å². The van der Waals surface area contributed by atoms with E-state index in [9.17, 15) is 9.59 Å². The van der Waals surface area contributed by atoms with Gasteiger partial charge in [0.2, 0.25) is 5.91 Å². The largest absolute Gasteiger partial charge is 0.464 e. The Bertz CT molecular complexity index is 833. The molecule has 1 amide bonds. The molecule has 0 bridgehead atoms. The molecule has 1 aromatic carbocycles. The minimum absolute atomic E-state index is 0.119. The van der Waals surface area contributed by atoms with Crippen LogP contribution in [0.25, 0.3) is 11.0 Å². The average molecular weight is 330 g/mol. The van der Waals surface area contributed by atoms with E-state index in [-0.39, 0.29) is 18.0 Å². The number of amides is 1. The summed E-state index contributed by atoms with van der Waals surface area (Å²) in [6.07, 6.45) is 0.149. The number of likely N-dealkylation sites (N-methyl/N-ethyl adjacent to an activating group) is 1. The third-order valence-corrected chi connectivity index (χ3v) is 3.89. The first-order chi connectivity index (χ1) is 11.2. The number of ether oxygens (including phenoxy) is 1. The Morgan fingerprint density at radius 2 is 1.92 bits per heavy atom. The van der Waals surface area contributed by atoms with Crippen LogP contribution in [0.2, 0.25) is 0 Å². The first-order valence-corrected chi connectivity index (χ1v) is 7.64. The lowest BCUT2D eigenvalue weighted by Gasteiger charge is -2.12. The van der Waals surface area contributed by atoms with Gasteiger partial charge in [-0.25, -0.2) is 9.80 Å². The van der Waals surface area contributed by atoms with Crippen molar-refractivity contribution in [1.82, 2.24) is 5.01 Å². The molecule has 2 rings (SSSR count). The third-order valence-electron chi connectivity index (χ3n) is 3.89. The molecule has 2 aromatic rings. The van der Waals surface area contributed by atoms with Crippen molar-refractivity contribution < 1.29 is 18.7 Å². The number of furan rings is 1. The number of fused-ring (bicyclic) bond motifs is 1. The maximum absolute atomic E-state index is 12.4. The minimum Gasteiger partial charge on any atom is -0.464 e. The summed E-state index contributed by atoms with van der Waals surface area (Å²) < 4.78 is 10.4. The van der Waals surface area contributed by atoms with Crippen LogP contribution in [0.1, 0.15) is 29.4 Å². The number of aryl methyl sites for hydroxylation is 3. The lowest BCUT2D eigenvalue weighted by atomic mass is 10.0. The molecule has 0 aliphatic rings. The molecule has 0 aliphatic heterocycles. The van der Waals surface area contributed by atoms with Crippen LogP contribution < -0.4 is 0 Å². The fraction of sp³-hybridized carbons (Fsp3) is 0.389. The molecule has 0 N–H and O–H groups in total. The molecule has 6 heteroatoms. The highest BCUT2D eigenvalue weighted by Crippen LogP contribution is 2.29. The molecule has 1 heterocycles. The molecule has 6 nitrogen and oxygen atoms in total. The first-order valence-electron chi connectivity index (χ1n) is 7.64. The molecule has 1 aromatic heterocycles. The van der Waals surface area contributed by atoms with E-state index in [1.165, 1.54) is 21.1 Å². The van der Waals surface area contributed by atoms with Gasteiger partial charge in [0.15, 0.2) is 0 Å². The molecule has 0 radical (unpaired) electrons. The molecule has 0 fully saturated rings. The van der Waals surface area contributed by atoms with Crippen LogP contribution in [-0.2, 0) is 20.7 Å². The second kappa shape index (κ2) is 6.86. The average Bonchev–Trinajstić information content (AvgIpc) is 2.83. The van der Waals surface area contributed by atoms with E-state index in [4.69, 9.17) is 4.42 Å². The van der Waals surface area contributed by atoms with Crippen molar-refractivity contribution in [2.75, 3.05) is 14.2 Å². The van der Waals surface area contributed by atoms with E-state index in [1.54, 1.807) is 0 Å². The number of esters is 1. The second-order valence-corrected chi connectivity index (χ2v) is 5.87. The molecule has 0 saturated heterocycles. The van der Waals surface area contributed by atoms with Crippen molar-refractivity contribution in [3.8, 4) is 0 Å². The summed E-state index contributed by atoms with van der Waals surface area (Å²) in [6.45, 7) is 7.34. The quantitative estimate of drug-likeness (QED) is 0.491. The van der Waals surface area contributed by atoms with Crippen LogP contribution in [0.15, 0.2) is 21.7 Å². The van der Waals surface area contributed by atoms with Crippen molar-refractivity contribution in [3.63, 3.8) is 0 Å². The monoisotopic (exact) mass is 330 g/mol. The molecule has 24 heavy (non-hydrogen) atoms. The number of hydrogen-bond acceptors (Lipinski definition) is 5. The number of nitrogens with zero attached hydrogens (tertiary/aromatic N) is 2. The predicted octanol–water partition coefficient (Wildman–Crippen LogP) is 2.91. The van der Waals surface area contributed by atoms with E-state index >= 15 is 0 Å². The number of rotatable bonds is 4. The Balaban J connectivity index is 2.31. The SMILES string of the molecule is COC(=O)/C(C)=N/N(C)C(=O)Cc1c(C)oc2c(C)cc(C)cc12. The number of benzene rings is 1. The van der Waals surface area contributed by atoms with Gasteiger partial charge in [-0.3, -0.25) is 4.79 Å². The van der Waals surface area contributed by atoms with Crippen molar-refractivity contribution >= 4 is 28.6 Å². The lowest BCUT2D eigenvalue weighted by molar-refractivity contribution is -0.132. The Labute approximate surface area is 141 Å². The lowest BCUT2D eigenvalue weighted by Crippen LogP contribution is -2.26. The first kappa shape index (κ1) is 17.7. The summed E-state index contributed by atoms with van der Waals surface area (Å²) in [5.41, 5.74) is 3.92. The number of hydrazone groups is 1. The zero-order chi connectivity index (χ0) is 18.0. The molecule has 128 valence electrons. The van der Waals surface area contributed by atoms with Gasteiger partial charge >= 0.3 is 5.97 Å². The fourth-order valence-corrected chi connectivity index (χ4v) is 2.67. The zero-order valence-electron chi connectivity index (χ0n) is 14.9. The maximum atomic E-state index is 12.4. The summed E-state index contributed by atoms with van der Waals surface area (Å²) in [7, 11) is 2.79. The van der Waals surface area contributed by atoms with Gasteiger partial charge in [-0.05, 0) is 44.9 Å². The van der Waals surface area contributed by atoms with E-state index in [0.717, 1.165) is 32.7 Å². The molecular formula is C18H22N2O4. The standard InChI is InChI=1S/C18H22N2O4/c1-10-7-11(2)17-15(8-10)14(13(4)24-17)9-16(21)20(5)19-12(3)18(22)23-6/h7-8H,9H2,1-6H3/b19-12+. The number of carbonyl (C=O) groups is 2. The highest BCUT2D eigenvalue weighted by atomic mass is 16.5. The van der Waals surface area contributed by atoms with Gasteiger partial charge < -0.3 is 9.15 Å². The summed E-state index contributed by atoms with van der Waals surface area (Å²) >= 11 is 0. The van der Waals surface area contributed by atoms with Gasteiger partial charge in [-0.15, -0.1) is 0 Å². The fourth-order valence-electron chi connectivity index (χ4n) is 2.67. The van der Waals surface area contributed by atoms with Crippen LogP contribution in [0.4, 0.5) is 0 Å². The normalized spacial score (nSPS) is 11.7. The van der Waals surface area contributed by atoms with Crippen LogP contribution in [-0.4, -0.2) is 36.8 Å². The number of carbonyl (C=O) groups excluding carboxylic acids is 2. The number of hydrogen-bond donors (Lipinski definition) is 0. The Kier molecular flexibility index (Phi) is 5.07. The third kappa shape index (κ3) is 3.48. The van der Waals surface area contributed by atoms with Crippen LogP contribution >= 0.6 is 0 Å². The van der Waals surface area contributed by atoms with Crippen molar-refractivity contribution in [2.24, 2.45) is 5.10 Å². The van der Waals surface area contributed by atoms with Gasteiger partial charge in [-0.1, -0.05) is 6.07 Å².